The number of hydrogen-bond donors (Lipinski definition) is 2. The third-order valence-electron chi connectivity index (χ3n) is 3.75. The van der Waals surface area contributed by atoms with E-state index in [4.69, 9.17) is 4.74 Å². The summed E-state index contributed by atoms with van der Waals surface area (Å²) in [5.41, 5.74) is 3.49. The Hall–Kier alpha value is -1.96. The fraction of sp³-hybridized carbons (Fsp3) is 0.316. The molecule has 0 heterocycles. The number of ether oxygens (including phenoxy) is 1. The number of nitrogens with zero attached hydrogens (tertiary/aromatic N) is 2. The first kappa shape index (κ1) is 21.1. The molecule has 25 heavy (non-hydrogen) atoms. The molecule has 0 amide bonds. The van der Waals surface area contributed by atoms with Crippen LogP contribution in [-0.4, -0.2) is 34.2 Å². The highest BCUT2D eigenvalue weighted by atomic mass is 127. The smallest absolute Gasteiger partial charge is 0.191 e. The van der Waals surface area contributed by atoms with Crippen molar-refractivity contribution in [3.05, 3.63) is 59.7 Å². The summed E-state index contributed by atoms with van der Waals surface area (Å²) >= 11 is 0. The number of rotatable bonds is 6. The average molecular weight is 454 g/mol. The third-order valence-corrected chi connectivity index (χ3v) is 3.75. The first-order valence-corrected chi connectivity index (χ1v) is 7.96. The summed E-state index contributed by atoms with van der Waals surface area (Å²) < 4.78 is 5.37. The molecule has 5 nitrogen and oxygen atoms in total. The van der Waals surface area contributed by atoms with Gasteiger partial charge in [-0.15, -0.1) is 24.0 Å². The van der Waals surface area contributed by atoms with Crippen LogP contribution in [0.5, 0.6) is 5.75 Å². The van der Waals surface area contributed by atoms with Crippen LogP contribution in [0, 0.1) is 0 Å². The Morgan fingerprint density at radius 1 is 1.04 bits per heavy atom. The minimum absolute atomic E-state index is 0. The van der Waals surface area contributed by atoms with Crippen LogP contribution in [0.15, 0.2) is 53.5 Å². The van der Waals surface area contributed by atoms with Crippen molar-refractivity contribution in [1.82, 2.24) is 10.6 Å². The van der Waals surface area contributed by atoms with Crippen LogP contribution < -0.4 is 20.3 Å². The van der Waals surface area contributed by atoms with Gasteiger partial charge in [0.05, 0.1) is 7.11 Å². The maximum Gasteiger partial charge on any atom is 0.191 e. The quantitative estimate of drug-likeness (QED) is 0.400. The SMILES string of the molecule is CN=C(NCc1cccc(N(C)C)c1)NCc1ccccc1OC.I. The van der Waals surface area contributed by atoms with E-state index in [0.717, 1.165) is 17.3 Å². The van der Waals surface area contributed by atoms with Gasteiger partial charge in [0, 0.05) is 45.5 Å². The number of methoxy groups -OCH3 is 1. The molecule has 136 valence electrons. The fourth-order valence-electron chi connectivity index (χ4n) is 2.38. The van der Waals surface area contributed by atoms with Crippen molar-refractivity contribution in [3.63, 3.8) is 0 Å². The van der Waals surface area contributed by atoms with Crippen LogP contribution >= 0.6 is 24.0 Å². The van der Waals surface area contributed by atoms with Gasteiger partial charge in [-0.1, -0.05) is 30.3 Å². The van der Waals surface area contributed by atoms with E-state index >= 15 is 0 Å². The lowest BCUT2D eigenvalue weighted by molar-refractivity contribution is 0.409. The lowest BCUT2D eigenvalue weighted by Crippen LogP contribution is -2.36. The number of nitrogens with one attached hydrogen (secondary N) is 2. The molecule has 0 unspecified atom stereocenters. The molecule has 2 N–H and O–H groups in total. The Morgan fingerprint density at radius 3 is 2.44 bits per heavy atom. The van der Waals surface area contributed by atoms with Gasteiger partial charge in [0.15, 0.2) is 5.96 Å². The maximum absolute atomic E-state index is 5.37. The molecule has 0 aliphatic carbocycles. The van der Waals surface area contributed by atoms with E-state index in [2.05, 4.69) is 44.8 Å². The normalized spacial score (nSPS) is 10.6. The minimum Gasteiger partial charge on any atom is -0.496 e. The Bertz CT molecular complexity index is 689. The summed E-state index contributed by atoms with van der Waals surface area (Å²) in [5, 5.41) is 6.66. The molecule has 2 rings (SSSR count). The van der Waals surface area contributed by atoms with Gasteiger partial charge in [0.2, 0.25) is 0 Å². The largest absolute Gasteiger partial charge is 0.496 e. The predicted molar refractivity (Wildman–Crippen MR) is 116 cm³/mol. The second kappa shape index (κ2) is 10.8. The highest BCUT2D eigenvalue weighted by Crippen LogP contribution is 2.16. The predicted octanol–water partition coefficient (Wildman–Crippen LogP) is 3.24. The zero-order valence-corrected chi connectivity index (χ0v) is 17.6. The lowest BCUT2D eigenvalue weighted by atomic mass is 10.2. The highest BCUT2D eigenvalue weighted by molar-refractivity contribution is 14.0. The second-order valence-corrected chi connectivity index (χ2v) is 5.66. The van der Waals surface area contributed by atoms with Gasteiger partial charge in [-0.25, -0.2) is 0 Å². The molecule has 2 aromatic carbocycles. The first-order valence-electron chi connectivity index (χ1n) is 7.96. The number of hydrogen-bond acceptors (Lipinski definition) is 3. The first-order chi connectivity index (χ1) is 11.6. The molecule has 0 saturated heterocycles. The molecule has 0 radical (unpaired) electrons. The monoisotopic (exact) mass is 454 g/mol. The molecule has 6 heteroatoms. The third kappa shape index (κ3) is 6.45. The van der Waals surface area contributed by atoms with Crippen LogP contribution in [0.25, 0.3) is 0 Å². The topological polar surface area (TPSA) is 48.9 Å². The maximum atomic E-state index is 5.37. The molecule has 0 spiro atoms. The van der Waals surface area contributed by atoms with Crippen molar-refractivity contribution in [1.29, 1.82) is 0 Å². The zero-order chi connectivity index (χ0) is 17.4. The van der Waals surface area contributed by atoms with Crippen molar-refractivity contribution < 1.29 is 4.74 Å². The van der Waals surface area contributed by atoms with E-state index in [1.165, 1.54) is 11.3 Å². The van der Waals surface area contributed by atoms with E-state index in [1.807, 2.05) is 38.4 Å². The van der Waals surface area contributed by atoms with E-state index in [0.29, 0.717) is 13.1 Å². The van der Waals surface area contributed by atoms with Gasteiger partial charge in [-0.3, -0.25) is 4.99 Å². The highest BCUT2D eigenvalue weighted by Gasteiger charge is 2.04. The van der Waals surface area contributed by atoms with Crippen LogP contribution in [0.1, 0.15) is 11.1 Å². The number of benzene rings is 2. The van der Waals surface area contributed by atoms with E-state index in [-0.39, 0.29) is 24.0 Å². The molecule has 0 aromatic heterocycles. The van der Waals surface area contributed by atoms with Gasteiger partial charge in [-0.2, -0.15) is 0 Å². The second-order valence-electron chi connectivity index (χ2n) is 5.66. The summed E-state index contributed by atoms with van der Waals surface area (Å²) in [5.74, 6) is 1.63. The number of halogens is 1. The van der Waals surface area contributed by atoms with Crippen molar-refractivity contribution in [2.24, 2.45) is 4.99 Å². The Labute approximate surface area is 167 Å². The molecule has 0 aliphatic heterocycles. The fourth-order valence-corrected chi connectivity index (χ4v) is 2.38. The van der Waals surface area contributed by atoms with Crippen LogP contribution in [0.3, 0.4) is 0 Å². The molecule has 0 fully saturated rings. The average Bonchev–Trinajstić information content (AvgIpc) is 2.62. The van der Waals surface area contributed by atoms with Gasteiger partial charge >= 0.3 is 0 Å². The van der Waals surface area contributed by atoms with Crippen molar-refractivity contribution in [2.75, 3.05) is 33.2 Å². The van der Waals surface area contributed by atoms with Crippen molar-refractivity contribution in [2.45, 2.75) is 13.1 Å². The molecule has 0 bridgehead atoms. The van der Waals surface area contributed by atoms with Gasteiger partial charge in [0.25, 0.3) is 0 Å². The Balaban J connectivity index is 0.00000312. The van der Waals surface area contributed by atoms with Gasteiger partial charge < -0.3 is 20.3 Å². The van der Waals surface area contributed by atoms with Gasteiger partial charge in [0.1, 0.15) is 5.75 Å². The van der Waals surface area contributed by atoms with Crippen LogP contribution in [0.4, 0.5) is 5.69 Å². The summed E-state index contributed by atoms with van der Waals surface area (Å²) in [6, 6.07) is 16.4. The molecular formula is C19H27IN4O. The van der Waals surface area contributed by atoms with E-state index in [1.54, 1.807) is 14.2 Å². The summed E-state index contributed by atoms with van der Waals surface area (Å²) in [7, 11) is 7.54. The number of para-hydroxylation sites is 1. The van der Waals surface area contributed by atoms with Gasteiger partial charge in [-0.05, 0) is 23.8 Å². The number of guanidine groups is 1. The number of aliphatic imine (C=N–C) groups is 1. The summed E-state index contributed by atoms with van der Waals surface area (Å²) in [4.78, 5) is 6.37. The lowest BCUT2D eigenvalue weighted by Gasteiger charge is -2.16. The molecule has 0 saturated carbocycles. The van der Waals surface area contributed by atoms with Crippen LogP contribution in [0.2, 0.25) is 0 Å². The van der Waals surface area contributed by atoms with Crippen molar-refractivity contribution in [3.8, 4) is 5.75 Å². The Morgan fingerprint density at radius 2 is 1.76 bits per heavy atom. The van der Waals surface area contributed by atoms with E-state index < -0.39 is 0 Å². The minimum atomic E-state index is 0. The van der Waals surface area contributed by atoms with Crippen LogP contribution in [-0.2, 0) is 13.1 Å². The number of anilines is 1. The molecule has 0 aliphatic rings. The summed E-state index contributed by atoms with van der Waals surface area (Å²) in [6.45, 7) is 1.37. The molecular weight excluding hydrogens is 427 g/mol. The summed E-state index contributed by atoms with van der Waals surface area (Å²) in [6.07, 6.45) is 0. The molecule has 0 atom stereocenters. The van der Waals surface area contributed by atoms with E-state index in [9.17, 15) is 0 Å². The zero-order valence-electron chi connectivity index (χ0n) is 15.2. The molecule has 2 aromatic rings. The Kier molecular flexibility index (Phi) is 9.12. The van der Waals surface area contributed by atoms with Crippen molar-refractivity contribution >= 4 is 35.6 Å². The standard InChI is InChI=1S/C19H26N4O.HI/c1-20-19(22-14-16-9-5-6-11-18(16)24-4)21-13-15-8-7-10-17(12-15)23(2)3;/h5-12H,13-14H2,1-4H3,(H2,20,21,22);1H.